The SMILES string of the molecule is Cc1cc(C)nc(-n2nc(C)nc2Cl)n1. The number of hydrogen-bond donors (Lipinski definition) is 0. The molecule has 0 radical (unpaired) electrons. The molecule has 15 heavy (non-hydrogen) atoms. The quantitative estimate of drug-likeness (QED) is 0.738. The maximum Gasteiger partial charge on any atom is 0.253 e. The van der Waals surface area contributed by atoms with Crippen molar-refractivity contribution >= 4 is 11.6 Å². The van der Waals surface area contributed by atoms with Crippen LogP contribution in [0.5, 0.6) is 0 Å². The smallest absolute Gasteiger partial charge is 0.216 e. The summed E-state index contributed by atoms with van der Waals surface area (Å²) in [5.41, 5.74) is 1.75. The van der Waals surface area contributed by atoms with Crippen molar-refractivity contribution in [3.05, 3.63) is 28.6 Å². The Bertz CT molecular complexity index is 485. The van der Waals surface area contributed by atoms with Gasteiger partial charge in [0.1, 0.15) is 5.82 Å². The number of rotatable bonds is 1. The Morgan fingerprint density at radius 2 is 1.67 bits per heavy atom. The predicted molar refractivity (Wildman–Crippen MR) is 56.2 cm³/mol. The van der Waals surface area contributed by atoms with Crippen LogP contribution in [-0.4, -0.2) is 24.7 Å². The second-order valence-electron chi connectivity index (χ2n) is 3.29. The van der Waals surface area contributed by atoms with Crippen LogP contribution in [-0.2, 0) is 0 Å². The van der Waals surface area contributed by atoms with Gasteiger partial charge in [0, 0.05) is 11.4 Å². The fourth-order valence-corrected chi connectivity index (χ4v) is 1.55. The topological polar surface area (TPSA) is 56.5 Å². The van der Waals surface area contributed by atoms with Crippen molar-refractivity contribution in [3.8, 4) is 5.95 Å². The van der Waals surface area contributed by atoms with Gasteiger partial charge in [-0.15, -0.1) is 5.10 Å². The van der Waals surface area contributed by atoms with Gasteiger partial charge in [0.15, 0.2) is 0 Å². The largest absolute Gasteiger partial charge is 0.253 e. The van der Waals surface area contributed by atoms with E-state index in [-0.39, 0.29) is 5.28 Å². The first-order chi connectivity index (χ1) is 7.06. The molecular weight excluding hydrogens is 214 g/mol. The molecule has 2 rings (SSSR count). The zero-order valence-electron chi connectivity index (χ0n) is 8.69. The van der Waals surface area contributed by atoms with Gasteiger partial charge < -0.3 is 0 Å². The molecule has 0 N–H and O–H groups in total. The van der Waals surface area contributed by atoms with Crippen LogP contribution >= 0.6 is 11.6 Å². The summed E-state index contributed by atoms with van der Waals surface area (Å²) in [5, 5.41) is 4.39. The van der Waals surface area contributed by atoms with Crippen LogP contribution in [0, 0.1) is 20.8 Å². The molecule has 0 fully saturated rings. The van der Waals surface area contributed by atoms with Crippen LogP contribution in [0.15, 0.2) is 6.07 Å². The van der Waals surface area contributed by atoms with Crippen molar-refractivity contribution in [2.45, 2.75) is 20.8 Å². The van der Waals surface area contributed by atoms with Crippen molar-refractivity contribution in [2.75, 3.05) is 0 Å². The minimum atomic E-state index is 0.275. The molecule has 0 aliphatic carbocycles. The van der Waals surface area contributed by atoms with E-state index in [9.17, 15) is 0 Å². The van der Waals surface area contributed by atoms with Crippen LogP contribution in [0.4, 0.5) is 0 Å². The molecule has 0 unspecified atom stereocenters. The van der Waals surface area contributed by atoms with Crippen molar-refractivity contribution < 1.29 is 0 Å². The monoisotopic (exact) mass is 223 g/mol. The summed E-state index contributed by atoms with van der Waals surface area (Å²) in [6.45, 7) is 5.57. The first kappa shape index (κ1) is 10.0. The molecular formula is C9H10ClN5. The standard InChI is InChI=1S/C9H10ClN5/c1-5-4-6(2)12-9(11-5)15-8(10)13-7(3)14-15/h4H,1-3H3. The first-order valence-electron chi connectivity index (χ1n) is 4.48. The van der Waals surface area contributed by atoms with Crippen molar-refractivity contribution in [2.24, 2.45) is 0 Å². The van der Waals surface area contributed by atoms with Crippen LogP contribution < -0.4 is 0 Å². The van der Waals surface area contributed by atoms with Crippen LogP contribution in [0.25, 0.3) is 5.95 Å². The Hall–Kier alpha value is -1.49. The highest BCUT2D eigenvalue weighted by molar-refractivity contribution is 6.28. The molecule has 0 spiro atoms. The average molecular weight is 224 g/mol. The zero-order valence-corrected chi connectivity index (χ0v) is 9.45. The Labute approximate surface area is 92.2 Å². The molecule has 78 valence electrons. The molecule has 0 bridgehead atoms. The van der Waals surface area contributed by atoms with Gasteiger partial charge in [0.25, 0.3) is 5.95 Å². The summed E-state index contributed by atoms with van der Waals surface area (Å²) in [7, 11) is 0. The number of aromatic nitrogens is 5. The Kier molecular flexibility index (Phi) is 2.40. The second-order valence-corrected chi connectivity index (χ2v) is 3.63. The average Bonchev–Trinajstić information content (AvgIpc) is 2.43. The summed E-state index contributed by atoms with van der Waals surface area (Å²) in [6, 6.07) is 1.89. The Morgan fingerprint density at radius 3 is 2.13 bits per heavy atom. The lowest BCUT2D eigenvalue weighted by atomic mass is 10.4. The van der Waals surface area contributed by atoms with E-state index < -0.39 is 0 Å². The number of nitrogens with zero attached hydrogens (tertiary/aromatic N) is 5. The number of hydrogen-bond acceptors (Lipinski definition) is 4. The minimum absolute atomic E-state index is 0.275. The van der Waals surface area contributed by atoms with E-state index in [4.69, 9.17) is 11.6 Å². The summed E-state index contributed by atoms with van der Waals surface area (Å²) >= 11 is 5.89. The van der Waals surface area contributed by atoms with Crippen molar-refractivity contribution in [1.29, 1.82) is 0 Å². The molecule has 2 heterocycles. The summed E-state index contributed by atoms with van der Waals surface area (Å²) in [4.78, 5) is 12.5. The number of halogens is 1. The van der Waals surface area contributed by atoms with E-state index in [1.54, 1.807) is 6.92 Å². The molecule has 2 aromatic heterocycles. The van der Waals surface area contributed by atoms with Gasteiger partial charge in [-0.3, -0.25) is 0 Å². The molecule has 0 aromatic carbocycles. The van der Waals surface area contributed by atoms with E-state index in [1.165, 1.54) is 4.68 Å². The highest BCUT2D eigenvalue weighted by atomic mass is 35.5. The minimum Gasteiger partial charge on any atom is -0.216 e. The molecule has 0 amide bonds. The van der Waals surface area contributed by atoms with Gasteiger partial charge in [-0.2, -0.15) is 4.68 Å². The van der Waals surface area contributed by atoms with E-state index in [0.29, 0.717) is 11.8 Å². The lowest BCUT2D eigenvalue weighted by Crippen LogP contribution is -2.05. The lowest BCUT2D eigenvalue weighted by molar-refractivity contribution is 0.784. The molecule has 0 saturated carbocycles. The van der Waals surface area contributed by atoms with Gasteiger partial charge in [-0.05, 0) is 38.4 Å². The van der Waals surface area contributed by atoms with Crippen LogP contribution in [0.3, 0.4) is 0 Å². The molecule has 0 saturated heterocycles. The maximum absolute atomic E-state index is 5.89. The fourth-order valence-electron chi connectivity index (χ4n) is 1.32. The normalized spacial score (nSPS) is 10.7. The molecule has 6 heteroatoms. The fraction of sp³-hybridized carbons (Fsp3) is 0.333. The van der Waals surface area contributed by atoms with Gasteiger partial charge in [-0.25, -0.2) is 15.0 Å². The van der Waals surface area contributed by atoms with Gasteiger partial charge >= 0.3 is 0 Å². The first-order valence-corrected chi connectivity index (χ1v) is 4.86. The van der Waals surface area contributed by atoms with Gasteiger partial charge in [0.2, 0.25) is 5.28 Å². The summed E-state index contributed by atoms with van der Waals surface area (Å²) < 4.78 is 1.43. The highest BCUT2D eigenvalue weighted by Gasteiger charge is 2.09. The predicted octanol–water partition coefficient (Wildman–Crippen LogP) is 1.64. The van der Waals surface area contributed by atoms with Crippen molar-refractivity contribution in [3.63, 3.8) is 0 Å². The maximum atomic E-state index is 5.89. The number of aryl methyl sites for hydroxylation is 3. The summed E-state index contributed by atoms with van der Waals surface area (Å²) in [5.74, 6) is 1.06. The Balaban J connectivity index is 2.58. The van der Waals surface area contributed by atoms with E-state index >= 15 is 0 Å². The summed E-state index contributed by atoms with van der Waals surface area (Å²) in [6.07, 6.45) is 0. The van der Waals surface area contributed by atoms with Gasteiger partial charge in [0.05, 0.1) is 0 Å². The molecule has 0 aliphatic heterocycles. The molecule has 2 aromatic rings. The molecule has 0 atom stereocenters. The van der Waals surface area contributed by atoms with Crippen LogP contribution in [0.2, 0.25) is 5.28 Å². The van der Waals surface area contributed by atoms with E-state index in [0.717, 1.165) is 11.4 Å². The third-order valence-electron chi connectivity index (χ3n) is 1.83. The Morgan fingerprint density at radius 1 is 1.07 bits per heavy atom. The third-order valence-corrected chi connectivity index (χ3v) is 2.08. The molecule has 0 aliphatic rings. The lowest BCUT2D eigenvalue weighted by Gasteiger charge is -2.02. The third kappa shape index (κ3) is 1.97. The van der Waals surface area contributed by atoms with Crippen molar-refractivity contribution in [1.82, 2.24) is 24.7 Å². The second kappa shape index (κ2) is 3.58. The zero-order chi connectivity index (χ0) is 11.0. The van der Waals surface area contributed by atoms with Gasteiger partial charge in [-0.1, -0.05) is 0 Å². The van der Waals surface area contributed by atoms with E-state index in [1.807, 2.05) is 19.9 Å². The molecule has 5 nitrogen and oxygen atoms in total. The highest BCUT2D eigenvalue weighted by Crippen LogP contribution is 2.11. The van der Waals surface area contributed by atoms with Crippen LogP contribution in [0.1, 0.15) is 17.2 Å². The van der Waals surface area contributed by atoms with E-state index in [2.05, 4.69) is 20.1 Å².